The highest BCUT2D eigenvalue weighted by atomic mass is 16.4. The van der Waals surface area contributed by atoms with Crippen LogP contribution in [0.15, 0.2) is 0 Å². The summed E-state index contributed by atoms with van der Waals surface area (Å²) in [6.07, 6.45) is 0.604. The number of nitrogens with one attached hydrogen (secondary N) is 1. The zero-order valence-electron chi connectivity index (χ0n) is 12.6. The number of carboxylic acids is 2. The molecule has 1 amide bonds. The summed E-state index contributed by atoms with van der Waals surface area (Å²) in [5.74, 6) is -2.94. The monoisotopic (exact) mass is 300 g/mol. The number of amides is 1. The highest BCUT2D eigenvalue weighted by molar-refractivity contribution is 5.86. The van der Waals surface area contributed by atoms with Crippen molar-refractivity contribution in [2.45, 2.75) is 52.1 Å². The Morgan fingerprint density at radius 1 is 1.29 bits per heavy atom. The normalized spacial score (nSPS) is 29.4. The van der Waals surface area contributed by atoms with Crippen molar-refractivity contribution >= 4 is 17.8 Å². The van der Waals surface area contributed by atoms with Crippen LogP contribution in [0, 0.1) is 17.3 Å². The lowest BCUT2D eigenvalue weighted by Gasteiger charge is -2.46. The largest absolute Gasteiger partial charge is 0.481 e. The molecule has 1 fully saturated rings. The van der Waals surface area contributed by atoms with Crippen molar-refractivity contribution < 1.29 is 24.6 Å². The van der Waals surface area contributed by atoms with Crippen molar-refractivity contribution in [2.75, 3.05) is 0 Å². The number of carboxylic acid groups (broad SMARTS) is 2. The Morgan fingerprint density at radius 2 is 1.86 bits per heavy atom. The van der Waals surface area contributed by atoms with E-state index in [1.54, 1.807) is 0 Å². The number of carbonyl (C=O) groups excluding carboxylic acids is 1. The lowest BCUT2D eigenvalue weighted by atomic mass is 9.61. The van der Waals surface area contributed by atoms with Gasteiger partial charge in [-0.15, -0.1) is 0 Å². The smallest absolute Gasteiger partial charge is 0.307 e. The zero-order chi connectivity index (χ0) is 16.4. The molecule has 21 heavy (non-hydrogen) atoms. The minimum absolute atomic E-state index is 0.0478. The third kappa shape index (κ3) is 3.93. The first-order valence-corrected chi connectivity index (χ1v) is 7.08. The Balaban J connectivity index is 2.72. The number of nitrogens with two attached hydrogens (primary N) is 1. The van der Waals surface area contributed by atoms with Crippen molar-refractivity contribution in [1.82, 2.24) is 5.32 Å². The minimum Gasteiger partial charge on any atom is -0.481 e. The molecule has 4 unspecified atom stereocenters. The van der Waals surface area contributed by atoms with E-state index in [1.807, 2.05) is 20.8 Å². The number of hydrogen-bond donors (Lipinski definition) is 4. The summed E-state index contributed by atoms with van der Waals surface area (Å²) >= 11 is 0. The number of carbonyl (C=O) groups is 3. The van der Waals surface area contributed by atoms with Crippen LogP contribution in [0.3, 0.4) is 0 Å². The van der Waals surface area contributed by atoms with Crippen molar-refractivity contribution in [2.24, 2.45) is 23.0 Å². The van der Waals surface area contributed by atoms with Gasteiger partial charge in [0.25, 0.3) is 0 Å². The molecule has 0 saturated heterocycles. The number of rotatable bonds is 5. The first kappa shape index (κ1) is 17.4. The summed E-state index contributed by atoms with van der Waals surface area (Å²) < 4.78 is 0. The lowest BCUT2D eigenvalue weighted by Crippen LogP contribution is -2.55. The number of hydrogen-bond acceptors (Lipinski definition) is 4. The second-order valence-corrected chi connectivity index (χ2v) is 6.40. The Kier molecular flexibility index (Phi) is 5.33. The highest BCUT2D eigenvalue weighted by Gasteiger charge is 2.46. The van der Waals surface area contributed by atoms with Crippen LogP contribution in [-0.4, -0.2) is 40.1 Å². The average Bonchev–Trinajstić information content (AvgIpc) is 2.33. The third-order valence-electron chi connectivity index (χ3n) is 4.80. The molecule has 4 atom stereocenters. The van der Waals surface area contributed by atoms with E-state index < -0.39 is 41.6 Å². The maximum absolute atomic E-state index is 11.9. The minimum atomic E-state index is -1.12. The van der Waals surface area contributed by atoms with Crippen LogP contribution in [0.1, 0.15) is 40.0 Å². The molecule has 0 aromatic heterocycles. The summed E-state index contributed by atoms with van der Waals surface area (Å²) in [6, 6.07) is -1.28. The van der Waals surface area contributed by atoms with Gasteiger partial charge in [0, 0.05) is 6.04 Å². The Morgan fingerprint density at radius 3 is 2.33 bits per heavy atom. The summed E-state index contributed by atoms with van der Waals surface area (Å²) in [6.45, 7) is 5.67. The average molecular weight is 300 g/mol. The fraction of sp³-hybridized carbons (Fsp3) is 0.786. The quantitative estimate of drug-likeness (QED) is 0.582. The summed E-state index contributed by atoms with van der Waals surface area (Å²) in [4.78, 5) is 33.8. The third-order valence-corrected chi connectivity index (χ3v) is 4.80. The second kappa shape index (κ2) is 6.43. The fourth-order valence-corrected chi connectivity index (χ4v) is 3.01. The van der Waals surface area contributed by atoms with Crippen molar-refractivity contribution in [3.8, 4) is 0 Å². The lowest BCUT2D eigenvalue weighted by molar-refractivity contribution is -0.150. The van der Waals surface area contributed by atoms with E-state index in [-0.39, 0.29) is 12.0 Å². The first-order chi connectivity index (χ1) is 9.57. The van der Waals surface area contributed by atoms with Crippen LogP contribution in [-0.2, 0) is 14.4 Å². The standard InChI is InChI=1S/C14H24N2O5/c1-7-10(16-12(19)9(15)6-11(17)18)5-4-8(13(20)21)14(7,2)3/h7-10H,4-6,15H2,1-3H3,(H,16,19)(H,17,18)(H,20,21). The van der Waals surface area contributed by atoms with Crippen LogP contribution in [0.2, 0.25) is 0 Å². The molecule has 5 N–H and O–H groups in total. The zero-order valence-corrected chi connectivity index (χ0v) is 12.6. The fourth-order valence-electron chi connectivity index (χ4n) is 3.01. The SMILES string of the molecule is CC1C(NC(=O)C(N)CC(=O)O)CCC(C(=O)O)C1(C)C. The number of aliphatic carboxylic acids is 2. The van der Waals surface area contributed by atoms with Crippen LogP contribution in [0.25, 0.3) is 0 Å². The first-order valence-electron chi connectivity index (χ1n) is 7.08. The molecule has 120 valence electrons. The molecule has 0 heterocycles. The van der Waals surface area contributed by atoms with E-state index in [0.717, 1.165) is 0 Å². The van der Waals surface area contributed by atoms with E-state index in [0.29, 0.717) is 12.8 Å². The Labute approximate surface area is 123 Å². The molecular formula is C14H24N2O5. The molecule has 1 aliphatic carbocycles. The molecule has 0 radical (unpaired) electrons. The van der Waals surface area contributed by atoms with Crippen LogP contribution in [0.5, 0.6) is 0 Å². The van der Waals surface area contributed by atoms with E-state index in [2.05, 4.69) is 5.32 Å². The summed E-state index contributed by atoms with van der Waals surface area (Å²) in [5.41, 5.74) is 5.08. The van der Waals surface area contributed by atoms with Gasteiger partial charge in [0.15, 0.2) is 0 Å². The molecule has 0 aliphatic heterocycles. The van der Waals surface area contributed by atoms with Gasteiger partial charge in [0.05, 0.1) is 18.4 Å². The molecule has 1 rings (SSSR count). The molecule has 1 saturated carbocycles. The molecule has 0 aromatic carbocycles. The highest BCUT2D eigenvalue weighted by Crippen LogP contribution is 2.45. The van der Waals surface area contributed by atoms with Crippen LogP contribution < -0.4 is 11.1 Å². The van der Waals surface area contributed by atoms with Gasteiger partial charge in [0.2, 0.25) is 5.91 Å². The van der Waals surface area contributed by atoms with Gasteiger partial charge in [-0.3, -0.25) is 14.4 Å². The Hall–Kier alpha value is -1.63. The van der Waals surface area contributed by atoms with Crippen molar-refractivity contribution in [3.05, 3.63) is 0 Å². The predicted molar refractivity (Wildman–Crippen MR) is 75.5 cm³/mol. The molecule has 0 bridgehead atoms. The molecule has 1 aliphatic rings. The van der Waals surface area contributed by atoms with E-state index in [1.165, 1.54) is 0 Å². The molecule has 7 heteroatoms. The van der Waals surface area contributed by atoms with Crippen LogP contribution in [0.4, 0.5) is 0 Å². The van der Waals surface area contributed by atoms with E-state index >= 15 is 0 Å². The van der Waals surface area contributed by atoms with Gasteiger partial charge in [0.1, 0.15) is 0 Å². The molecular weight excluding hydrogens is 276 g/mol. The second-order valence-electron chi connectivity index (χ2n) is 6.40. The molecule has 7 nitrogen and oxygen atoms in total. The van der Waals surface area contributed by atoms with Gasteiger partial charge < -0.3 is 21.3 Å². The van der Waals surface area contributed by atoms with Crippen LogP contribution >= 0.6 is 0 Å². The molecule has 0 spiro atoms. The Bertz CT molecular complexity index is 435. The van der Waals surface area contributed by atoms with Crippen molar-refractivity contribution in [1.29, 1.82) is 0 Å². The van der Waals surface area contributed by atoms with E-state index in [9.17, 15) is 19.5 Å². The van der Waals surface area contributed by atoms with E-state index in [4.69, 9.17) is 10.8 Å². The maximum atomic E-state index is 11.9. The topological polar surface area (TPSA) is 130 Å². The molecule has 0 aromatic rings. The predicted octanol–water partition coefficient (Wildman–Crippen LogP) is 0.430. The van der Waals surface area contributed by atoms with Gasteiger partial charge in [-0.2, -0.15) is 0 Å². The summed E-state index contributed by atoms with van der Waals surface area (Å²) in [5, 5.41) is 20.7. The maximum Gasteiger partial charge on any atom is 0.307 e. The van der Waals surface area contributed by atoms with Crippen molar-refractivity contribution in [3.63, 3.8) is 0 Å². The van der Waals surface area contributed by atoms with Gasteiger partial charge in [-0.05, 0) is 24.2 Å². The van der Waals surface area contributed by atoms with Gasteiger partial charge >= 0.3 is 11.9 Å². The van der Waals surface area contributed by atoms with Gasteiger partial charge in [-0.25, -0.2) is 0 Å². The van der Waals surface area contributed by atoms with Gasteiger partial charge in [-0.1, -0.05) is 20.8 Å². The summed E-state index contributed by atoms with van der Waals surface area (Å²) in [7, 11) is 0.